The lowest BCUT2D eigenvalue weighted by Gasteiger charge is -2.32. The van der Waals surface area contributed by atoms with Crippen molar-refractivity contribution >= 4 is 5.91 Å². The molecule has 0 radical (unpaired) electrons. The number of unbranched alkanes of at least 4 members (excludes halogenated alkanes) is 1. The van der Waals surface area contributed by atoms with Crippen LogP contribution in [0.5, 0.6) is 0 Å². The van der Waals surface area contributed by atoms with Crippen molar-refractivity contribution < 1.29 is 19.7 Å². The Hall–Kier alpha value is -3.19. The van der Waals surface area contributed by atoms with E-state index >= 15 is 0 Å². The van der Waals surface area contributed by atoms with Crippen LogP contribution in [0.25, 0.3) is 0 Å². The van der Waals surface area contributed by atoms with Crippen molar-refractivity contribution in [2.24, 2.45) is 5.41 Å². The summed E-state index contributed by atoms with van der Waals surface area (Å²) in [6, 6.07) is 14.6. The quantitative estimate of drug-likeness (QED) is 0.127. The predicted octanol–water partition coefficient (Wildman–Crippen LogP) is 7.08. The number of carbonyl (C=O) groups excluding carboxylic acids is 1. The van der Waals surface area contributed by atoms with Crippen molar-refractivity contribution in [2.45, 2.75) is 116 Å². The summed E-state index contributed by atoms with van der Waals surface area (Å²) in [5.41, 5.74) is 7.04. The largest absolute Gasteiger partial charge is 0.396 e. The van der Waals surface area contributed by atoms with E-state index in [4.69, 9.17) is 4.74 Å². The zero-order valence-electron chi connectivity index (χ0n) is 29.8. The first-order valence-electron chi connectivity index (χ1n) is 17.4. The molecule has 5 atom stereocenters. The number of benzene rings is 2. The molecule has 0 spiro atoms. The Kier molecular flexibility index (Phi) is 15.0. The fraction of sp³-hybridized carbons (Fsp3) is 0.537. The van der Waals surface area contributed by atoms with Crippen LogP contribution >= 0.6 is 0 Å². The normalized spacial score (nSPS) is 19.7. The summed E-state index contributed by atoms with van der Waals surface area (Å²) in [5.74, 6) is 0.0533. The van der Waals surface area contributed by atoms with Gasteiger partial charge in [0, 0.05) is 38.2 Å². The molecule has 3 N–H and O–H groups in total. The minimum Gasteiger partial charge on any atom is -0.396 e. The van der Waals surface area contributed by atoms with Gasteiger partial charge in [0.1, 0.15) is 6.04 Å². The fourth-order valence-corrected chi connectivity index (χ4v) is 6.36. The first-order valence-corrected chi connectivity index (χ1v) is 17.4. The van der Waals surface area contributed by atoms with E-state index < -0.39 is 6.04 Å². The third-order valence-electron chi connectivity index (χ3n) is 9.09. The van der Waals surface area contributed by atoms with Crippen LogP contribution in [0, 0.1) is 5.41 Å². The first kappa shape index (κ1) is 38.3. The molecule has 3 rings (SSSR count). The smallest absolute Gasteiger partial charge is 0.243 e. The first-order chi connectivity index (χ1) is 22.3. The van der Waals surface area contributed by atoms with Crippen molar-refractivity contribution in [1.29, 1.82) is 0 Å². The lowest BCUT2D eigenvalue weighted by Crippen LogP contribution is -2.46. The standard InChI is InChI=1S/C41H60N2O4/c1-9-10-13-30(3)43(8)39(24-33-15-18-34(19-16-33)29(2)28-44)40(46)42-21-12-11-14-32-17-20-35(27-41(5,6)7)36(23-32)25-38-26-37(45)22-31(4)47-38/h9-10,13,15-20,23,29,31,37-39,44-45H,1,3,11-12,14,21-22,24-28H2,2,4-8H3,(H,42,46)/b13-10-. The van der Waals surface area contributed by atoms with Crippen molar-refractivity contribution in [2.75, 3.05) is 20.2 Å². The summed E-state index contributed by atoms with van der Waals surface area (Å²) < 4.78 is 6.22. The third kappa shape index (κ3) is 12.7. The molecule has 6 heteroatoms. The van der Waals surface area contributed by atoms with Crippen LogP contribution in [0.3, 0.4) is 0 Å². The second-order valence-corrected chi connectivity index (χ2v) is 14.7. The van der Waals surface area contributed by atoms with Gasteiger partial charge >= 0.3 is 0 Å². The molecule has 0 aromatic heterocycles. The molecular weight excluding hydrogens is 584 g/mol. The average molecular weight is 645 g/mol. The molecule has 1 aliphatic heterocycles. The number of allylic oxidation sites excluding steroid dienone is 3. The lowest BCUT2D eigenvalue weighted by molar-refractivity contribution is -0.125. The van der Waals surface area contributed by atoms with E-state index in [9.17, 15) is 15.0 Å². The predicted molar refractivity (Wildman–Crippen MR) is 195 cm³/mol. The summed E-state index contributed by atoms with van der Waals surface area (Å²) in [6.45, 7) is 19.5. The molecule has 2 aromatic rings. The number of aliphatic hydroxyl groups excluding tert-OH is 2. The van der Waals surface area contributed by atoms with E-state index in [-0.39, 0.29) is 42.2 Å². The van der Waals surface area contributed by atoms with Gasteiger partial charge in [0.25, 0.3) is 0 Å². The Morgan fingerprint density at radius 2 is 1.81 bits per heavy atom. The Morgan fingerprint density at radius 1 is 1.11 bits per heavy atom. The maximum Gasteiger partial charge on any atom is 0.243 e. The van der Waals surface area contributed by atoms with Crippen LogP contribution in [0.1, 0.15) is 94.0 Å². The summed E-state index contributed by atoms with van der Waals surface area (Å²) in [7, 11) is 1.91. The van der Waals surface area contributed by atoms with Crippen LogP contribution in [0.15, 0.2) is 79.5 Å². The Bertz CT molecular complexity index is 1320. The summed E-state index contributed by atoms with van der Waals surface area (Å²) in [4.78, 5) is 15.5. The molecule has 0 saturated carbocycles. The zero-order chi connectivity index (χ0) is 34.6. The number of likely N-dealkylation sites (N-methyl/N-ethyl adjacent to an activating group) is 1. The van der Waals surface area contributed by atoms with Crippen LogP contribution < -0.4 is 5.32 Å². The molecular formula is C41H60N2O4. The number of carbonyl (C=O) groups is 1. The fourth-order valence-electron chi connectivity index (χ4n) is 6.36. The highest BCUT2D eigenvalue weighted by atomic mass is 16.5. The molecule has 1 fully saturated rings. The Morgan fingerprint density at radius 3 is 2.45 bits per heavy atom. The number of aryl methyl sites for hydroxylation is 1. The van der Waals surface area contributed by atoms with Crippen LogP contribution in [-0.2, 0) is 35.2 Å². The number of hydrogen-bond donors (Lipinski definition) is 3. The molecule has 1 aliphatic rings. The maximum absolute atomic E-state index is 13.6. The third-order valence-corrected chi connectivity index (χ3v) is 9.09. The van der Waals surface area contributed by atoms with E-state index in [1.54, 1.807) is 6.08 Å². The average Bonchev–Trinajstić information content (AvgIpc) is 3.01. The highest BCUT2D eigenvalue weighted by molar-refractivity contribution is 5.82. The molecule has 1 saturated heterocycles. The van der Waals surface area contributed by atoms with E-state index in [1.165, 1.54) is 16.7 Å². The molecule has 258 valence electrons. The van der Waals surface area contributed by atoms with Gasteiger partial charge in [-0.15, -0.1) is 0 Å². The molecule has 1 heterocycles. The van der Waals surface area contributed by atoms with Crippen molar-refractivity contribution in [3.63, 3.8) is 0 Å². The molecule has 0 aliphatic carbocycles. The Labute approximate surface area is 284 Å². The molecule has 0 bridgehead atoms. The van der Waals surface area contributed by atoms with E-state index in [0.717, 1.165) is 48.9 Å². The van der Waals surface area contributed by atoms with Gasteiger partial charge in [0.15, 0.2) is 0 Å². The summed E-state index contributed by atoms with van der Waals surface area (Å²) in [6.07, 6.45) is 11.7. The number of amides is 1. The second-order valence-electron chi connectivity index (χ2n) is 14.7. The zero-order valence-corrected chi connectivity index (χ0v) is 29.8. The number of ether oxygens (including phenoxy) is 1. The number of hydrogen-bond acceptors (Lipinski definition) is 5. The van der Waals surface area contributed by atoms with Gasteiger partial charge in [-0.2, -0.15) is 0 Å². The second kappa shape index (κ2) is 18.4. The van der Waals surface area contributed by atoms with Gasteiger partial charge in [-0.3, -0.25) is 4.79 Å². The van der Waals surface area contributed by atoms with Gasteiger partial charge in [-0.25, -0.2) is 0 Å². The monoisotopic (exact) mass is 644 g/mol. The minimum absolute atomic E-state index is 0.0221. The molecule has 1 amide bonds. The van der Waals surface area contributed by atoms with Crippen molar-refractivity contribution in [1.82, 2.24) is 10.2 Å². The highest BCUT2D eigenvalue weighted by Crippen LogP contribution is 2.28. The SMILES string of the molecule is C=C/C=C\C(=C)N(C)C(Cc1ccc(C(C)CO)cc1)C(=O)NCCCCc1ccc(CC(C)(C)C)c(CC2CC(O)CC(C)O2)c1. The minimum atomic E-state index is -0.417. The molecule has 2 aromatic carbocycles. The lowest BCUT2D eigenvalue weighted by atomic mass is 9.83. The van der Waals surface area contributed by atoms with Gasteiger partial charge in [0.2, 0.25) is 5.91 Å². The molecule has 5 unspecified atom stereocenters. The number of nitrogens with one attached hydrogen (secondary N) is 1. The van der Waals surface area contributed by atoms with Crippen molar-refractivity contribution in [3.05, 3.63) is 107 Å². The van der Waals surface area contributed by atoms with E-state index in [2.05, 4.69) is 64.4 Å². The topological polar surface area (TPSA) is 82.0 Å². The van der Waals surface area contributed by atoms with Crippen LogP contribution in [0.2, 0.25) is 0 Å². The highest BCUT2D eigenvalue weighted by Gasteiger charge is 2.27. The summed E-state index contributed by atoms with van der Waals surface area (Å²) in [5, 5.41) is 23.0. The maximum atomic E-state index is 13.6. The number of rotatable bonds is 17. The van der Waals surface area contributed by atoms with Gasteiger partial charge in [-0.05, 0) is 91.2 Å². The van der Waals surface area contributed by atoms with Crippen molar-refractivity contribution in [3.8, 4) is 0 Å². The Balaban J connectivity index is 1.62. The van der Waals surface area contributed by atoms with E-state index in [1.807, 2.05) is 55.3 Å². The summed E-state index contributed by atoms with van der Waals surface area (Å²) >= 11 is 0. The van der Waals surface area contributed by atoms with Gasteiger partial charge < -0.3 is 25.2 Å². The van der Waals surface area contributed by atoms with Gasteiger partial charge in [0.05, 0.1) is 18.3 Å². The van der Waals surface area contributed by atoms with Crippen LogP contribution in [0.4, 0.5) is 0 Å². The molecule has 6 nitrogen and oxygen atoms in total. The number of nitrogens with zero attached hydrogens (tertiary/aromatic N) is 1. The van der Waals surface area contributed by atoms with Crippen LogP contribution in [-0.4, -0.2) is 65.6 Å². The molecule has 47 heavy (non-hydrogen) atoms. The van der Waals surface area contributed by atoms with E-state index in [0.29, 0.717) is 25.8 Å². The number of aliphatic hydroxyl groups is 2. The van der Waals surface area contributed by atoms with Gasteiger partial charge in [-0.1, -0.05) is 95.5 Å².